The van der Waals surface area contributed by atoms with Crippen LogP contribution in [0.25, 0.3) is 0 Å². The third kappa shape index (κ3) is 3.07. The van der Waals surface area contributed by atoms with E-state index in [0.717, 1.165) is 23.4 Å². The number of hydrogen-bond acceptors (Lipinski definition) is 3. The van der Waals surface area contributed by atoms with Gasteiger partial charge >= 0.3 is 0 Å². The molecule has 0 radical (unpaired) electrons. The molecule has 1 heterocycles. The summed E-state index contributed by atoms with van der Waals surface area (Å²) in [5, 5.41) is 13.7. The van der Waals surface area contributed by atoms with E-state index in [1.165, 1.54) is 5.56 Å². The highest BCUT2D eigenvalue weighted by molar-refractivity contribution is 6.31. The topological polar surface area (TPSA) is 52.9 Å². The number of benzene rings is 2. The summed E-state index contributed by atoms with van der Waals surface area (Å²) in [6, 6.07) is 19.9. The lowest BCUT2D eigenvalue weighted by molar-refractivity contribution is -0.116. The predicted octanol–water partition coefficient (Wildman–Crippen LogP) is 5.23. The Bertz CT molecular complexity index is 1010. The molecule has 2 aromatic rings. The van der Waals surface area contributed by atoms with Gasteiger partial charge in [0.2, 0.25) is 0 Å². The minimum absolute atomic E-state index is 0.0859. The molecule has 2 aliphatic rings. The molecule has 1 N–H and O–H groups in total. The van der Waals surface area contributed by atoms with Crippen LogP contribution in [0.4, 0.5) is 0 Å². The Labute approximate surface area is 164 Å². The van der Waals surface area contributed by atoms with E-state index < -0.39 is 5.92 Å². The Hall–Kier alpha value is -2.83. The van der Waals surface area contributed by atoms with Gasteiger partial charge in [0, 0.05) is 28.4 Å². The van der Waals surface area contributed by atoms with Gasteiger partial charge in [-0.25, -0.2) is 0 Å². The van der Waals surface area contributed by atoms with Gasteiger partial charge in [0.15, 0.2) is 5.78 Å². The van der Waals surface area contributed by atoms with Gasteiger partial charge in [0.05, 0.1) is 17.6 Å². The number of rotatable bonds is 2. The lowest BCUT2D eigenvalue weighted by Crippen LogP contribution is -2.33. The molecule has 0 aromatic heterocycles. The van der Waals surface area contributed by atoms with Gasteiger partial charge in [-0.2, -0.15) is 5.26 Å². The van der Waals surface area contributed by atoms with Crippen molar-refractivity contribution in [3.63, 3.8) is 0 Å². The van der Waals surface area contributed by atoms with E-state index in [9.17, 15) is 10.1 Å². The van der Waals surface area contributed by atoms with Crippen molar-refractivity contribution < 1.29 is 4.79 Å². The van der Waals surface area contributed by atoms with Crippen molar-refractivity contribution in [3.8, 4) is 6.07 Å². The molecule has 134 valence electrons. The third-order valence-corrected chi connectivity index (χ3v) is 5.78. The summed E-state index contributed by atoms with van der Waals surface area (Å²) in [6.07, 6.45) is 1.20. The van der Waals surface area contributed by atoms with Gasteiger partial charge in [-0.05, 0) is 36.5 Å². The van der Waals surface area contributed by atoms with E-state index in [0.29, 0.717) is 22.6 Å². The fourth-order valence-electron chi connectivity index (χ4n) is 4.17. The number of Topliss-reactive ketones (excluding diaryl/α,β-unsaturated/α-hetero) is 1. The van der Waals surface area contributed by atoms with Crippen LogP contribution in [-0.2, 0) is 4.79 Å². The summed E-state index contributed by atoms with van der Waals surface area (Å²) < 4.78 is 0. The zero-order valence-electron chi connectivity index (χ0n) is 15.0. The zero-order valence-corrected chi connectivity index (χ0v) is 15.8. The number of carbonyl (C=O) groups is 1. The van der Waals surface area contributed by atoms with Gasteiger partial charge in [0.1, 0.15) is 0 Å². The molecule has 0 unspecified atom stereocenters. The van der Waals surface area contributed by atoms with Crippen LogP contribution in [-0.4, -0.2) is 5.78 Å². The Morgan fingerprint density at radius 1 is 1.07 bits per heavy atom. The smallest absolute Gasteiger partial charge is 0.162 e. The van der Waals surface area contributed by atoms with E-state index in [2.05, 4.69) is 23.5 Å². The molecular weight excluding hydrogens is 356 g/mol. The van der Waals surface area contributed by atoms with Crippen LogP contribution in [0.3, 0.4) is 0 Å². The molecule has 0 fully saturated rings. The highest BCUT2D eigenvalue weighted by Gasteiger charge is 2.39. The SMILES string of the molecule is CC1=C(C#N)[C@@H](c2ccccc2Cl)C2=C(C[C@H](c3ccccc3)CC2=O)N1. The summed E-state index contributed by atoms with van der Waals surface area (Å²) in [5.74, 6) is -0.166. The highest BCUT2D eigenvalue weighted by Crippen LogP contribution is 2.46. The third-order valence-electron chi connectivity index (χ3n) is 5.44. The van der Waals surface area contributed by atoms with Gasteiger partial charge in [-0.15, -0.1) is 0 Å². The first-order chi connectivity index (χ1) is 13.1. The Morgan fingerprint density at radius 2 is 1.78 bits per heavy atom. The lowest BCUT2D eigenvalue weighted by Gasteiger charge is -2.36. The van der Waals surface area contributed by atoms with Crippen LogP contribution in [0, 0.1) is 11.3 Å². The van der Waals surface area contributed by atoms with Gasteiger partial charge in [-0.3, -0.25) is 4.79 Å². The van der Waals surface area contributed by atoms with Crippen molar-refractivity contribution in [1.29, 1.82) is 5.26 Å². The average Bonchev–Trinajstić information content (AvgIpc) is 2.68. The number of ketones is 1. The van der Waals surface area contributed by atoms with Crippen molar-refractivity contribution in [2.75, 3.05) is 0 Å². The summed E-state index contributed by atoms with van der Waals surface area (Å²) >= 11 is 6.44. The number of dihydropyridines is 1. The molecule has 0 saturated heterocycles. The number of nitriles is 1. The van der Waals surface area contributed by atoms with Gasteiger partial charge in [-0.1, -0.05) is 60.1 Å². The van der Waals surface area contributed by atoms with E-state index in [-0.39, 0.29) is 11.7 Å². The van der Waals surface area contributed by atoms with Crippen LogP contribution in [0.1, 0.15) is 42.7 Å². The number of hydrogen-bond donors (Lipinski definition) is 1. The average molecular weight is 375 g/mol. The van der Waals surface area contributed by atoms with Crippen LogP contribution in [0.15, 0.2) is 77.1 Å². The largest absolute Gasteiger partial charge is 0.361 e. The molecule has 2 aromatic carbocycles. The minimum Gasteiger partial charge on any atom is -0.361 e. The molecule has 0 amide bonds. The Balaban J connectivity index is 1.82. The minimum atomic E-state index is -0.399. The number of nitrogens with zero attached hydrogens (tertiary/aromatic N) is 1. The van der Waals surface area contributed by atoms with Crippen LogP contribution in [0.2, 0.25) is 5.02 Å². The van der Waals surface area contributed by atoms with E-state index in [4.69, 9.17) is 11.6 Å². The summed E-state index contributed by atoms with van der Waals surface area (Å²) in [6.45, 7) is 1.89. The van der Waals surface area contributed by atoms with Crippen LogP contribution in [0.5, 0.6) is 0 Å². The zero-order chi connectivity index (χ0) is 19.0. The van der Waals surface area contributed by atoms with Crippen molar-refractivity contribution >= 4 is 17.4 Å². The molecule has 0 spiro atoms. The first-order valence-electron chi connectivity index (χ1n) is 9.03. The lowest BCUT2D eigenvalue weighted by atomic mass is 9.72. The fraction of sp³-hybridized carbons (Fsp3) is 0.217. The quantitative estimate of drug-likeness (QED) is 0.783. The van der Waals surface area contributed by atoms with Gasteiger partial charge in [0.25, 0.3) is 0 Å². The standard InChI is InChI=1S/C23H19ClN2O/c1-14-18(13-25)22(17-9-5-6-10-19(17)24)23-20(26-14)11-16(12-21(23)27)15-7-3-2-4-8-15/h2-10,16,22,26H,11-12H2,1H3/t16-,22+/m0/s1. The van der Waals surface area contributed by atoms with Crippen molar-refractivity contribution in [2.45, 2.75) is 31.6 Å². The first-order valence-corrected chi connectivity index (χ1v) is 9.41. The van der Waals surface area contributed by atoms with E-state index in [1.54, 1.807) is 0 Å². The summed E-state index contributed by atoms with van der Waals surface area (Å²) in [4.78, 5) is 13.2. The molecule has 2 atom stereocenters. The predicted molar refractivity (Wildman–Crippen MR) is 106 cm³/mol. The summed E-state index contributed by atoms with van der Waals surface area (Å²) in [5.41, 5.74) is 4.95. The number of nitrogens with one attached hydrogen (secondary N) is 1. The van der Waals surface area contributed by atoms with Crippen LogP contribution < -0.4 is 5.32 Å². The molecule has 27 heavy (non-hydrogen) atoms. The number of allylic oxidation sites excluding steroid dienone is 4. The molecule has 4 heteroatoms. The number of carbonyl (C=O) groups excluding carboxylic acids is 1. The van der Waals surface area contributed by atoms with Crippen molar-refractivity contribution in [1.82, 2.24) is 5.32 Å². The van der Waals surface area contributed by atoms with E-state index in [1.807, 2.05) is 49.4 Å². The Kier molecular flexibility index (Phi) is 4.59. The second-order valence-corrected chi connectivity index (χ2v) is 7.47. The normalized spacial score (nSPS) is 22.2. The maximum Gasteiger partial charge on any atom is 0.162 e. The summed E-state index contributed by atoms with van der Waals surface area (Å²) in [7, 11) is 0. The highest BCUT2D eigenvalue weighted by atomic mass is 35.5. The maximum absolute atomic E-state index is 13.2. The molecular formula is C23H19ClN2O. The number of halogens is 1. The second-order valence-electron chi connectivity index (χ2n) is 7.06. The van der Waals surface area contributed by atoms with Crippen molar-refractivity contribution in [3.05, 3.63) is 93.3 Å². The molecule has 3 nitrogen and oxygen atoms in total. The molecule has 1 aliphatic carbocycles. The molecule has 1 aliphatic heterocycles. The fourth-order valence-corrected chi connectivity index (χ4v) is 4.41. The van der Waals surface area contributed by atoms with Gasteiger partial charge < -0.3 is 5.32 Å². The molecule has 0 saturated carbocycles. The van der Waals surface area contributed by atoms with Crippen LogP contribution >= 0.6 is 11.6 Å². The van der Waals surface area contributed by atoms with Crippen molar-refractivity contribution in [2.24, 2.45) is 0 Å². The molecule has 4 rings (SSSR count). The molecule has 0 bridgehead atoms. The maximum atomic E-state index is 13.2. The second kappa shape index (κ2) is 7.06. The Morgan fingerprint density at radius 3 is 2.48 bits per heavy atom. The van der Waals surface area contributed by atoms with E-state index >= 15 is 0 Å². The first kappa shape index (κ1) is 17.6. The monoisotopic (exact) mass is 374 g/mol.